The molecule has 0 spiro atoms. The number of carbonyl (C=O) groups excluding carboxylic acids is 1. The summed E-state index contributed by atoms with van der Waals surface area (Å²) in [6.45, 7) is 1.94. The fourth-order valence-electron chi connectivity index (χ4n) is 2.28. The lowest BCUT2D eigenvalue weighted by Gasteiger charge is -2.17. The van der Waals surface area contributed by atoms with Gasteiger partial charge in [0.2, 0.25) is 0 Å². The van der Waals surface area contributed by atoms with Crippen LogP contribution in [-0.4, -0.2) is 23.0 Å². The van der Waals surface area contributed by atoms with Gasteiger partial charge in [0.1, 0.15) is 5.84 Å². The summed E-state index contributed by atoms with van der Waals surface area (Å²) in [6.07, 6.45) is 1.02. The zero-order valence-corrected chi connectivity index (χ0v) is 11.9. The third-order valence-corrected chi connectivity index (χ3v) is 3.45. The smallest absolute Gasteiger partial charge is 0.252 e. The van der Waals surface area contributed by atoms with Crippen molar-refractivity contribution in [1.29, 1.82) is 0 Å². The van der Waals surface area contributed by atoms with Gasteiger partial charge in [-0.15, -0.1) is 0 Å². The van der Waals surface area contributed by atoms with Crippen LogP contribution in [-0.2, 0) is 0 Å². The normalized spacial score (nSPS) is 13.1. The average Bonchev–Trinajstić information content (AvgIpc) is 2.53. The summed E-state index contributed by atoms with van der Waals surface area (Å²) >= 11 is 0. The van der Waals surface area contributed by atoms with Crippen molar-refractivity contribution in [3.05, 3.63) is 48.0 Å². The highest BCUT2D eigenvalue weighted by atomic mass is 16.4. The van der Waals surface area contributed by atoms with Crippen LogP contribution in [0.5, 0.6) is 0 Å². The number of oxime groups is 1. The molecule has 0 radical (unpaired) electrons. The Morgan fingerprint density at radius 2 is 2.00 bits per heavy atom. The van der Waals surface area contributed by atoms with Gasteiger partial charge in [0.15, 0.2) is 0 Å². The molecule has 0 bridgehead atoms. The molecule has 21 heavy (non-hydrogen) atoms. The molecule has 1 amide bonds. The third-order valence-electron chi connectivity index (χ3n) is 3.45. The highest BCUT2D eigenvalue weighted by Gasteiger charge is 2.15. The predicted octanol–water partition coefficient (Wildman–Crippen LogP) is 2.48. The molecule has 0 saturated carbocycles. The molecule has 1 unspecified atom stereocenters. The first-order chi connectivity index (χ1) is 10.2. The maximum atomic E-state index is 12.4. The van der Waals surface area contributed by atoms with E-state index in [1.54, 1.807) is 6.07 Å². The van der Waals surface area contributed by atoms with Gasteiger partial charge in [-0.25, -0.2) is 0 Å². The van der Waals surface area contributed by atoms with Crippen LogP contribution < -0.4 is 11.1 Å². The summed E-state index contributed by atoms with van der Waals surface area (Å²) in [5, 5.41) is 16.4. The van der Waals surface area contributed by atoms with E-state index in [9.17, 15) is 4.79 Å². The Labute approximate surface area is 123 Å². The molecule has 5 heteroatoms. The van der Waals surface area contributed by atoms with E-state index >= 15 is 0 Å². The highest BCUT2D eigenvalue weighted by molar-refractivity contribution is 6.07. The Kier molecular flexibility index (Phi) is 4.77. The van der Waals surface area contributed by atoms with E-state index in [-0.39, 0.29) is 17.8 Å². The summed E-state index contributed by atoms with van der Waals surface area (Å²) in [7, 11) is 0. The summed E-state index contributed by atoms with van der Waals surface area (Å²) in [6, 6.07) is 13.2. The van der Waals surface area contributed by atoms with Crippen molar-refractivity contribution < 1.29 is 10.0 Å². The summed E-state index contributed by atoms with van der Waals surface area (Å²) < 4.78 is 0. The Morgan fingerprint density at radius 3 is 2.71 bits per heavy atom. The average molecular weight is 285 g/mol. The number of nitrogens with one attached hydrogen (secondary N) is 1. The van der Waals surface area contributed by atoms with Crippen molar-refractivity contribution in [2.45, 2.75) is 25.8 Å². The van der Waals surface area contributed by atoms with Gasteiger partial charge in [0, 0.05) is 18.0 Å². The number of nitrogens with two attached hydrogens (primary N) is 1. The van der Waals surface area contributed by atoms with Crippen LogP contribution in [0.4, 0.5) is 0 Å². The highest BCUT2D eigenvalue weighted by Crippen LogP contribution is 2.18. The summed E-state index contributed by atoms with van der Waals surface area (Å²) in [5.41, 5.74) is 6.13. The van der Waals surface area contributed by atoms with Crippen molar-refractivity contribution in [1.82, 2.24) is 5.32 Å². The number of amidine groups is 1. The molecular weight excluding hydrogens is 266 g/mol. The molecule has 0 aliphatic rings. The molecule has 1 atom stereocenters. The lowest BCUT2D eigenvalue weighted by Crippen LogP contribution is -2.37. The van der Waals surface area contributed by atoms with Crippen molar-refractivity contribution in [2.75, 3.05) is 0 Å². The molecule has 2 aromatic rings. The van der Waals surface area contributed by atoms with E-state index in [0.29, 0.717) is 18.4 Å². The van der Waals surface area contributed by atoms with Crippen LogP contribution in [0.2, 0.25) is 0 Å². The molecule has 5 nitrogen and oxygen atoms in total. The molecule has 0 aliphatic heterocycles. The fraction of sp³-hybridized carbons (Fsp3) is 0.250. The second-order valence-corrected chi connectivity index (χ2v) is 4.90. The van der Waals surface area contributed by atoms with Gasteiger partial charge in [-0.05, 0) is 23.3 Å². The summed E-state index contributed by atoms with van der Waals surface area (Å²) in [4.78, 5) is 12.4. The molecule has 0 aliphatic carbocycles. The summed E-state index contributed by atoms with van der Waals surface area (Å²) in [5.74, 6) is -0.0375. The van der Waals surface area contributed by atoms with Crippen LogP contribution >= 0.6 is 0 Å². The van der Waals surface area contributed by atoms with E-state index in [1.165, 1.54) is 0 Å². The van der Waals surface area contributed by atoms with Gasteiger partial charge >= 0.3 is 0 Å². The van der Waals surface area contributed by atoms with Crippen molar-refractivity contribution in [3.8, 4) is 0 Å². The number of fused-ring (bicyclic) bond motifs is 1. The molecule has 2 aromatic carbocycles. The lowest BCUT2D eigenvalue weighted by atomic mass is 10.0. The Morgan fingerprint density at radius 1 is 1.29 bits per heavy atom. The first kappa shape index (κ1) is 14.8. The van der Waals surface area contributed by atoms with Crippen molar-refractivity contribution in [3.63, 3.8) is 0 Å². The Bertz CT molecular complexity index is 662. The van der Waals surface area contributed by atoms with E-state index < -0.39 is 0 Å². The van der Waals surface area contributed by atoms with Crippen molar-refractivity contribution in [2.24, 2.45) is 10.9 Å². The standard InChI is InChI=1S/C16H19N3O2/c1-2-12(10-15(17)19-21)18-16(20)14-9-5-7-11-6-3-4-8-13(11)14/h3-9,12,21H,2,10H2,1H3,(H2,17,19)(H,18,20). The number of carbonyl (C=O) groups is 1. The molecule has 110 valence electrons. The molecule has 2 rings (SSSR count). The number of hydrogen-bond acceptors (Lipinski definition) is 3. The molecule has 4 N–H and O–H groups in total. The molecule has 0 aromatic heterocycles. The van der Waals surface area contributed by atoms with E-state index in [1.807, 2.05) is 43.3 Å². The number of benzene rings is 2. The van der Waals surface area contributed by atoms with Crippen molar-refractivity contribution >= 4 is 22.5 Å². The minimum Gasteiger partial charge on any atom is -0.409 e. The number of hydrogen-bond donors (Lipinski definition) is 3. The maximum Gasteiger partial charge on any atom is 0.252 e. The van der Waals surface area contributed by atoms with Crippen LogP contribution in [0, 0.1) is 0 Å². The second-order valence-electron chi connectivity index (χ2n) is 4.90. The van der Waals surface area contributed by atoms with Gasteiger partial charge in [0.05, 0.1) is 0 Å². The predicted molar refractivity (Wildman–Crippen MR) is 83.5 cm³/mol. The second kappa shape index (κ2) is 6.74. The van der Waals surface area contributed by atoms with Crippen LogP contribution in [0.25, 0.3) is 10.8 Å². The fourth-order valence-corrected chi connectivity index (χ4v) is 2.28. The van der Waals surface area contributed by atoms with E-state index in [2.05, 4.69) is 10.5 Å². The topological polar surface area (TPSA) is 87.7 Å². The Hall–Kier alpha value is -2.56. The van der Waals surface area contributed by atoms with Gasteiger partial charge in [-0.3, -0.25) is 4.79 Å². The quantitative estimate of drug-likeness (QED) is 0.341. The minimum absolute atomic E-state index is 0.111. The van der Waals surface area contributed by atoms with E-state index in [0.717, 1.165) is 10.8 Å². The zero-order chi connectivity index (χ0) is 15.2. The SMILES string of the molecule is CCC(CC(N)=NO)NC(=O)c1cccc2ccccc12. The first-order valence-corrected chi connectivity index (χ1v) is 6.90. The monoisotopic (exact) mass is 285 g/mol. The van der Waals surface area contributed by atoms with Gasteiger partial charge in [0.25, 0.3) is 5.91 Å². The molecule has 0 fully saturated rings. The first-order valence-electron chi connectivity index (χ1n) is 6.90. The minimum atomic E-state index is -0.160. The van der Waals surface area contributed by atoms with Gasteiger partial charge in [-0.2, -0.15) is 0 Å². The Balaban J connectivity index is 2.22. The van der Waals surface area contributed by atoms with E-state index in [4.69, 9.17) is 10.9 Å². The molecule has 0 saturated heterocycles. The van der Waals surface area contributed by atoms with Crippen LogP contribution in [0.3, 0.4) is 0 Å². The molecule has 0 heterocycles. The zero-order valence-electron chi connectivity index (χ0n) is 11.9. The van der Waals surface area contributed by atoms with Gasteiger partial charge < -0.3 is 16.3 Å². The number of nitrogens with zero attached hydrogens (tertiary/aromatic N) is 1. The van der Waals surface area contributed by atoms with Crippen LogP contribution in [0.15, 0.2) is 47.6 Å². The number of amides is 1. The third kappa shape index (κ3) is 3.51. The maximum absolute atomic E-state index is 12.4. The van der Waals surface area contributed by atoms with Gasteiger partial charge in [-0.1, -0.05) is 48.5 Å². The number of rotatable bonds is 5. The largest absolute Gasteiger partial charge is 0.409 e. The molecular formula is C16H19N3O2. The lowest BCUT2D eigenvalue weighted by molar-refractivity contribution is 0.0938. The van der Waals surface area contributed by atoms with Crippen LogP contribution in [0.1, 0.15) is 30.1 Å².